The zero-order chi connectivity index (χ0) is 16.0. The SMILES string of the molecule is CC.CC.CC(=O)N[C@@H](CS)C(=O)Nc1ccccc1. The molecule has 1 aromatic rings. The number of benzene rings is 1. The van der Waals surface area contributed by atoms with E-state index in [9.17, 15) is 9.59 Å². The van der Waals surface area contributed by atoms with E-state index in [4.69, 9.17) is 0 Å². The molecule has 0 spiro atoms. The first kappa shape index (κ1) is 20.8. The number of anilines is 1. The topological polar surface area (TPSA) is 58.2 Å². The number of carbonyl (C=O) groups is 2. The summed E-state index contributed by atoms with van der Waals surface area (Å²) in [6.45, 7) is 9.37. The van der Waals surface area contributed by atoms with Gasteiger partial charge in [0.25, 0.3) is 0 Å². The highest BCUT2D eigenvalue weighted by Crippen LogP contribution is 2.05. The van der Waals surface area contributed by atoms with Gasteiger partial charge < -0.3 is 10.6 Å². The third kappa shape index (κ3) is 9.44. The number of rotatable bonds is 4. The zero-order valence-electron chi connectivity index (χ0n) is 12.9. The second-order valence-corrected chi connectivity index (χ2v) is 3.66. The molecule has 0 saturated carbocycles. The van der Waals surface area contributed by atoms with Gasteiger partial charge in [0.15, 0.2) is 0 Å². The Morgan fingerprint density at radius 1 is 1.10 bits per heavy atom. The van der Waals surface area contributed by atoms with Crippen molar-refractivity contribution in [3.8, 4) is 0 Å². The Balaban J connectivity index is 0. The Labute approximate surface area is 127 Å². The molecule has 0 aromatic heterocycles. The van der Waals surface area contributed by atoms with Crippen molar-refractivity contribution in [1.82, 2.24) is 5.32 Å². The summed E-state index contributed by atoms with van der Waals surface area (Å²) in [6.07, 6.45) is 0. The molecule has 0 aliphatic heterocycles. The van der Waals surface area contributed by atoms with E-state index in [-0.39, 0.29) is 17.6 Å². The zero-order valence-corrected chi connectivity index (χ0v) is 13.8. The highest BCUT2D eigenvalue weighted by atomic mass is 32.1. The second kappa shape index (κ2) is 13.9. The van der Waals surface area contributed by atoms with Crippen LogP contribution < -0.4 is 10.6 Å². The number of thiol groups is 1. The summed E-state index contributed by atoms with van der Waals surface area (Å²) in [5.74, 6) is -0.253. The predicted molar refractivity (Wildman–Crippen MR) is 89.2 cm³/mol. The summed E-state index contributed by atoms with van der Waals surface area (Å²) in [4.78, 5) is 22.5. The minimum absolute atomic E-state index is 0.248. The fourth-order valence-electron chi connectivity index (χ4n) is 1.19. The Kier molecular flexibility index (Phi) is 14.5. The molecule has 2 N–H and O–H groups in total. The van der Waals surface area contributed by atoms with Crippen LogP contribution >= 0.6 is 12.6 Å². The molecular weight excluding hydrogens is 272 g/mol. The standard InChI is InChI=1S/C11H14N2O2S.2C2H6/c1-8(14)12-10(7-16)11(15)13-9-5-3-2-4-6-9;2*1-2/h2-6,10,16H,7H2,1H3,(H,12,14)(H,13,15);2*1-2H3/t10-;;/m0../s1. The summed E-state index contributed by atoms with van der Waals surface area (Å²) >= 11 is 4.02. The Bertz CT molecular complexity index is 369. The van der Waals surface area contributed by atoms with Crippen LogP contribution in [0.3, 0.4) is 0 Å². The minimum Gasteiger partial charge on any atom is -0.344 e. The van der Waals surface area contributed by atoms with Crippen LogP contribution in [-0.4, -0.2) is 23.6 Å². The van der Waals surface area contributed by atoms with Crippen LogP contribution in [0.1, 0.15) is 34.6 Å². The highest BCUT2D eigenvalue weighted by molar-refractivity contribution is 7.80. The molecule has 0 heterocycles. The van der Waals surface area contributed by atoms with Gasteiger partial charge in [0.1, 0.15) is 6.04 Å². The quantitative estimate of drug-likeness (QED) is 0.748. The van der Waals surface area contributed by atoms with Gasteiger partial charge >= 0.3 is 0 Å². The maximum atomic E-state index is 11.7. The van der Waals surface area contributed by atoms with E-state index in [1.54, 1.807) is 12.1 Å². The van der Waals surface area contributed by atoms with Crippen LogP contribution in [0, 0.1) is 0 Å². The fourth-order valence-corrected chi connectivity index (χ4v) is 1.45. The van der Waals surface area contributed by atoms with Crippen molar-refractivity contribution >= 4 is 30.1 Å². The molecule has 0 fully saturated rings. The molecule has 0 unspecified atom stereocenters. The molecular formula is C15H26N2O2S. The number of hydrogen-bond donors (Lipinski definition) is 3. The lowest BCUT2D eigenvalue weighted by Crippen LogP contribution is -2.44. The summed E-state index contributed by atoms with van der Waals surface area (Å²) in [7, 11) is 0. The minimum atomic E-state index is -0.610. The smallest absolute Gasteiger partial charge is 0.247 e. The van der Waals surface area contributed by atoms with E-state index in [1.807, 2.05) is 45.9 Å². The molecule has 0 aliphatic carbocycles. The molecule has 0 bridgehead atoms. The van der Waals surface area contributed by atoms with Crippen molar-refractivity contribution in [3.63, 3.8) is 0 Å². The van der Waals surface area contributed by atoms with Gasteiger partial charge in [-0.1, -0.05) is 45.9 Å². The Morgan fingerprint density at radius 3 is 2.00 bits per heavy atom. The number of para-hydroxylation sites is 1. The fraction of sp³-hybridized carbons (Fsp3) is 0.467. The van der Waals surface area contributed by atoms with Gasteiger partial charge in [0, 0.05) is 18.4 Å². The first-order valence-corrected chi connectivity index (χ1v) is 7.50. The molecule has 20 heavy (non-hydrogen) atoms. The molecule has 4 nitrogen and oxygen atoms in total. The molecule has 1 atom stereocenters. The van der Waals surface area contributed by atoms with E-state index in [0.29, 0.717) is 5.69 Å². The third-order valence-corrected chi connectivity index (χ3v) is 2.28. The van der Waals surface area contributed by atoms with Crippen molar-refractivity contribution in [3.05, 3.63) is 30.3 Å². The predicted octanol–water partition coefficient (Wildman–Crippen LogP) is 3.11. The summed E-state index contributed by atoms with van der Waals surface area (Å²) in [6, 6.07) is 8.45. The number of nitrogens with one attached hydrogen (secondary N) is 2. The van der Waals surface area contributed by atoms with Gasteiger partial charge in [-0.05, 0) is 12.1 Å². The van der Waals surface area contributed by atoms with Crippen LogP contribution in [0.4, 0.5) is 5.69 Å². The van der Waals surface area contributed by atoms with Crippen molar-refractivity contribution in [2.24, 2.45) is 0 Å². The van der Waals surface area contributed by atoms with Crippen molar-refractivity contribution in [2.75, 3.05) is 11.1 Å². The van der Waals surface area contributed by atoms with Crippen molar-refractivity contribution < 1.29 is 9.59 Å². The van der Waals surface area contributed by atoms with Gasteiger partial charge in [-0.15, -0.1) is 0 Å². The molecule has 0 radical (unpaired) electrons. The normalized spacial score (nSPS) is 9.90. The molecule has 0 saturated heterocycles. The summed E-state index contributed by atoms with van der Waals surface area (Å²) < 4.78 is 0. The third-order valence-electron chi connectivity index (χ3n) is 1.92. The summed E-state index contributed by atoms with van der Waals surface area (Å²) in [5, 5.41) is 5.22. The van der Waals surface area contributed by atoms with Crippen LogP contribution in [0.5, 0.6) is 0 Å². The molecule has 0 aliphatic rings. The van der Waals surface area contributed by atoms with Gasteiger partial charge in [-0.3, -0.25) is 9.59 Å². The second-order valence-electron chi connectivity index (χ2n) is 3.29. The number of hydrogen-bond acceptors (Lipinski definition) is 3. The van der Waals surface area contributed by atoms with Crippen molar-refractivity contribution in [2.45, 2.75) is 40.7 Å². The van der Waals surface area contributed by atoms with Crippen molar-refractivity contribution in [1.29, 1.82) is 0 Å². The lowest BCUT2D eigenvalue weighted by atomic mass is 10.2. The van der Waals surface area contributed by atoms with Gasteiger partial charge in [-0.2, -0.15) is 12.6 Å². The van der Waals surface area contributed by atoms with Gasteiger partial charge in [0.2, 0.25) is 11.8 Å². The highest BCUT2D eigenvalue weighted by Gasteiger charge is 2.17. The average Bonchev–Trinajstić information content (AvgIpc) is 2.49. The van der Waals surface area contributed by atoms with E-state index >= 15 is 0 Å². The summed E-state index contributed by atoms with van der Waals surface area (Å²) in [5.41, 5.74) is 0.699. The average molecular weight is 298 g/mol. The first-order chi connectivity index (χ1) is 9.63. The van der Waals surface area contributed by atoms with E-state index in [2.05, 4.69) is 23.3 Å². The molecule has 5 heteroatoms. The maximum Gasteiger partial charge on any atom is 0.247 e. The van der Waals surface area contributed by atoms with Gasteiger partial charge in [-0.25, -0.2) is 0 Å². The number of carbonyl (C=O) groups excluding carboxylic acids is 2. The van der Waals surface area contributed by atoms with E-state index < -0.39 is 6.04 Å². The van der Waals surface area contributed by atoms with E-state index in [1.165, 1.54) is 6.92 Å². The Hall–Kier alpha value is -1.49. The molecule has 1 aromatic carbocycles. The Morgan fingerprint density at radius 2 is 1.60 bits per heavy atom. The first-order valence-electron chi connectivity index (χ1n) is 6.87. The molecule has 114 valence electrons. The molecule has 1 rings (SSSR count). The van der Waals surface area contributed by atoms with Crippen LogP contribution in [0.25, 0.3) is 0 Å². The number of amides is 2. The monoisotopic (exact) mass is 298 g/mol. The maximum absolute atomic E-state index is 11.7. The van der Waals surface area contributed by atoms with Crippen LogP contribution in [-0.2, 0) is 9.59 Å². The largest absolute Gasteiger partial charge is 0.344 e. The van der Waals surface area contributed by atoms with E-state index in [0.717, 1.165) is 0 Å². The van der Waals surface area contributed by atoms with Gasteiger partial charge in [0.05, 0.1) is 0 Å². The van der Waals surface area contributed by atoms with Crippen LogP contribution in [0.15, 0.2) is 30.3 Å². The molecule has 2 amide bonds. The lowest BCUT2D eigenvalue weighted by Gasteiger charge is -2.15. The lowest BCUT2D eigenvalue weighted by molar-refractivity contribution is -0.124. The van der Waals surface area contributed by atoms with Crippen LogP contribution in [0.2, 0.25) is 0 Å².